The molecular weight excluding hydrogens is 658 g/mol. The van der Waals surface area contributed by atoms with E-state index in [9.17, 15) is 18.3 Å². The Kier molecular flexibility index (Phi) is 12.3. The highest BCUT2D eigenvalue weighted by Gasteiger charge is 2.15. The summed E-state index contributed by atoms with van der Waals surface area (Å²) < 4.78 is 47.7. The Labute approximate surface area is 292 Å². The first-order chi connectivity index (χ1) is 24.1. The number of aromatic carboxylic acids is 1. The molecule has 0 radical (unpaired) electrons. The summed E-state index contributed by atoms with van der Waals surface area (Å²) in [6, 6.07) is 29.4. The van der Waals surface area contributed by atoms with Gasteiger partial charge in [0.1, 0.15) is 42.0 Å². The molecule has 262 valence electrons. The number of ether oxygens (including phenoxy) is 4. The number of sulfone groups is 1. The van der Waals surface area contributed by atoms with Crippen molar-refractivity contribution >= 4 is 26.6 Å². The molecule has 50 heavy (non-hydrogen) atoms. The van der Waals surface area contributed by atoms with Crippen molar-refractivity contribution in [1.82, 2.24) is 4.90 Å². The van der Waals surface area contributed by atoms with Gasteiger partial charge in [0.05, 0.1) is 17.1 Å². The van der Waals surface area contributed by atoms with Crippen molar-refractivity contribution in [1.29, 1.82) is 0 Å². The normalized spacial score (nSPS) is 11.5. The largest absolute Gasteiger partial charge is 0.508 e. The molecule has 0 amide bonds. The molecule has 0 fully saturated rings. The molecule has 11 heteroatoms. The van der Waals surface area contributed by atoms with Gasteiger partial charge in [-0.15, -0.1) is 0 Å². The first-order valence-corrected chi connectivity index (χ1v) is 18.2. The maximum absolute atomic E-state index is 12.0. The van der Waals surface area contributed by atoms with E-state index in [0.717, 1.165) is 48.0 Å². The number of fused-ring (bicyclic) bond motifs is 1. The minimum absolute atomic E-state index is 0.148. The monoisotopic (exact) mass is 699 g/mol. The van der Waals surface area contributed by atoms with Crippen LogP contribution in [-0.4, -0.2) is 81.8 Å². The van der Waals surface area contributed by atoms with Crippen LogP contribution in [0.2, 0.25) is 0 Å². The Bertz CT molecular complexity index is 2000. The summed E-state index contributed by atoms with van der Waals surface area (Å²) in [5, 5.41) is 20.7. The van der Waals surface area contributed by atoms with Crippen molar-refractivity contribution in [3.8, 4) is 39.9 Å². The van der Waals surface area contributed by atoms with Gasteiger partial charge in [0, 0.05) is 36.9 Å². The second kappa shape index (κ2) is 17.0. The zero-order chi connectivity index (χ0) is 35.5. The smallest absolute Gasteiger partial charge is 0.335 e. The molecule has 5 aromatic rings. The Morgan fingerprint density at radius 1 is 0.760 bits per heavy atom. The summed E-state index contributed by atoms with van der Waals surface area (Å²) in [6.45, 7) is 6.44. The lowest BCUT2D eigenvalue weighted by Gasteiger charge is -2.20. The second-order valence-electron chi connectivity index (χ2n) is 11.6. The third-order valence-corrected chi connectivity index (χ3v) is 9.18. The van der Waals surface area contributed by atoms with Gasteiger partial charge in [0.2, 0.25) is 0 Å². The highest BCUT2D eigenvalue weighted by Crippen LogP contribution is 2.41. The molecular formula is C39H41NO9S. The van der Waals surface area contributed by atoms with Gasteiger partial charge < -0.3 is 34.1 Å². The van der Waals surface area contributed by atoms with E-state index < -0.39 is 15.8 Å². The lowest BCUT2D eigenvalue weighted by molar-refractivity contribution is 0.0695. The van der Waals surface area contributed by atoms with Crippen LogP contribution in [0.4, 0.5) is 0 Å². The Hall–Kier alpha value is -5.10. The summed E-state index contributed by atoms with van der Waals surface area (Å²) >= 11 is 0. The van der Waals surface area contributed by atoms with E-state index >= 15 is 0 Å². The number of hydrogen-bond donors (Lipinski definition) is 2. The number of nitrogens with zero attached hydrogens (tertiary/aromatic N) is 1. The first-order valence-electron chi connectivity index (χ1n) is 16.3. The molecule has 0 bridgehead atoms. The quantitative estimate of drug-likeness (QED) is 0.0899. The predicted octanol–water partition coefficient (Wildman–Crippen LogP) is 7.29. The van der Waals surface area contributed by atoms with E-state index in [0.29, 0.717) is 49.4 Å². The first kappa shape index (κ1) is 36.2. The van der Waals surface area contributed by atoms with Crippen LogP contribution in [0.1, 0.15) is 23.7 Å². The zero-order valence-corrected chi connectivity index (χ0v) is 28.9. The maximum Gasteiger partial charge on any atom is 0.335 e. The predicted molar refractivity (Wildman–Crippen MR) is 193 cm³/mol. The number of phenols is 1. The van der Waals surface area contributed by atoms with Crippen molar-refractivity contribution in [3.05, 3.63) is 109 Å². The number of aromatic hydroxyl groups is 1. The SMILES string of the molecule is CCN(CCCOCCOc1cccc(C(=O)O)c1)CCOc1ccc(Oc2c(-c3ccc(S(C)(=O)=O)cc3)ccc3cc(O)ccc23)cc1. The minimum atomic E-state index is -3.33. The molecule has 0 aromatic heterocycles. The fraction of sp³-hybridized carbons (Fsp3) is 0.256. The fourth-order valence-electron chi connectivity index (χ4n) is 5.38. The van der Waals surface area contributed by atoms with E-state index in [4.69, 9.17) is 24.1 Å². The molecule has 0 atom stereocenters. The van der Waals surface area contributed by atoms with Crippen LogP contribution >= 0.6 is 0 Å². The van der Waals surface area contributed by atoms with E-state index in [1.807, 2.05) is 36.4 Å². The van der Waals surface area contributed by atoms with Crippen LogP contribution in [0.3, 0.4) is 0 Å². The van der Waals surface area contributed by atoms with Crippen molar-refractivity contribution < 1.29 is 42.4 Å². The van der Waals surface area contributed by atoms with Gasteiger partial charge in [-0.1, -0.05) is 31.2 Å². The lowest BCUT2D eigenvalue weighted by Crippen LogP contribution is -2.30. The molecule has 0 aliphatic heterocycles. The molecule has 0 unspecified atom stereocenters. The molecule has 5 aromatic carbocycles. The van der Waals surface area contributed by atoms with Crippen LogP contribution < -0.4 is 14.2 Å². The van der Waals surface area contributed by atoms with E-state index in [2.05, 4.69) is 11.8 Å². The molecule has 5 rings (SSSR count). The molecule has 0 aliphatic rings. The molecule has 0 saturated heterocycles. The van der Waals surface area contributed by atoms with Crippen LogP contribution in [0.15, 0.2) is 108 Å². The number of rotatable bonds is 18. The summed E-state index contributed by atoms with van der Waals surface area (Å²) in [4.78, 5) is 13.6. The molecule has 0 saturated carbocycles. The summed E-state index contributed by atoms with van der Waals surface area (Å²) in [5.74, 6) is 1.56. The number of phenolic OH excluding ortho intramolecular Hbond substituents is 1. The highest BCUT2D eigenvalue weighted by atomic mass is 32.2. The van der Waals surface area contributed by atoms with Crippen molar-refractivity contribution in [2.24, 2.45) is 0 Å². The summed E-state index contributed by atoms with van der Waals surface area (Å²) in [6.07, 6.45) is 2.03. The second-order valence-corrected chi connectivity index (χ2v) is 13.7. The number of carboxylic acid groups (broad SMARTS) is 1. The lowest BCUT2D eigenvalue weighted by atomic mass is 9.99. The van der Waals surface area contributed by atoms with Gasteiger partial charge in [-0.3, -0.25) is 0 Å². The van der Waals surface area contributed by atoms with Crippen molar-refractivity contribution in [3.63, 3.8) is 0 Å². The van der Waals surface area contributed by atoms with Gasteiger partial charge >= 0.3 is 5.97 Å². The number of carboxylic acids is 1. The van der Waals surface area contributed by atoms with Gasteiger partial charge in [0.25, 0.3) is 0 Å². The number of likely N-dealkylation sites (N-methyl/N-ethyl adjacent to an activating group) is 1. The topological polar surface area (TPSA) is 132 Å². The molecule has 2 N–H and O–H groups in total. The fourth-order valence-corrected chi connectivity index (χ4v) is 6.01. The third-order valence-electron chi connectivity index (χ3n) is 8.05. The molecule has 0 spiro atoms. The van der Waals surface area contributed by atoms with Crippen molar-refractivity contribution in [2.45, 2.75) is 18.2 Å². The summed E-state index contributed by atoms with van der Waals surface area (Å²) in [5.41, 5.74) is 1.76. The van der Waals surface area contributed by atoms with Crippen LogP contribution in [0.25, 0.3) is 21.9 Å². The van der Waals surface area contributed by atoms with E-state index in [-0.39, 0.29) is 16.2 Å². The maximum atomic E-state index is 12.0. The van der Waals surface area contributed by atoms with Gasteiger partial charge in [0.15, 0.2) is 9.84 Å². The highest BCUT2D eigenvalue weighted by molar-refractivity contribution is 7.90. The average molecular weight is 700 g/mol. The number of benzene rings is 5. The third kappa shape index (κ3) is 9.97. The van der Waals surface area contributed by atoms with E-state index in [1.165, 1.54) is 18.4 Å². The average Bonchev–Trinajstić information content (AvgIpc) is 3.11. The minimum Gasteiger partial charge on any atom is -0.508 e. The van der Waals surface area contributed by atoms with Crippen LogP contribution in [0, 0.1) is 0 Å². The zero-order valence-electron chi connectivity index (χ0n) is 28.1. The Morgan fingerprint density at radius 3 is 2.22 bits per heavy atom. The summed E-state index contributed by atoms with van der Waals surface area (Å²) in [7, 11) is -3.33. The number of hydrogen-bond acceptors (Lipinski definition) is 9. The van der Waals surface area contributed by atoms with Crippen LogP contribution in [-0.2, 0) is 14.6 Å². The molecule has 0 aliphatic carbocycles. The molecule has 10 nitrogen and oxygen atoms in total. The molecule has 0 heterocycles. The Morgan fingerprint density at radius 2 is 1.50 bits per heavy atom. The van der Waals surface area contributed by atoms with Crippen LogP contribution in [0.5, 0.6) is 28.7 Å². The van der Waals surface area contributed by atoms with Gasteiger partial charge in [-0.25, -0.2) is 13.2 Å². The van der Waals surface area contributed by atoms with Gasteiger partial charge in [-0.2, -0.15) is 0 Å². The van der Waals surface area contributed by atoms with E-state index in [1.54, 1.807) is 54.6 Å². The number of carbonyl (C=O) groups is 1. The van der Waals surface area contributed by atoms with Gasteiger partial charge in [-0.05, 0) is 103 Å². The van der Waals surface area contributed by atoms with Crippen molar-refractivity contribution in [2.75, 3.05) is 52.3 Å². The Balaban J connectivity index is 1.10. The standard InChI is InChI=1S/C39H41NO9S/c1-3-40(20-5-22-46-24-25-48-34-7-4-6-30(27-34)39(42)43)21-23-47-32-12-14-33(15-13-32)49-38-36(18-10-29-26-31(41)11-19-37(29)38)28-8-16-35(17-9-28)50(2,44)45/h4,6-19,26-27,41H,3,5,20-25H2,1-2H3,(H,42,43).